The number of rotatable bonds is 10. The van der Waals surface area contributed by atoms with Crippen LogP contribution in [0.3, 0.4) is 0 Å². The van der Waals surface area contributed by atoms with Gasteiger partial charge in [-0.2, -0.15) is 0 Å². The average Bonchev–Trinajstić information content (AvgIpc) is 3.57. The van der Waals surface area contributed by atoms with E-state index in [1.54, 1.807) is 21.3 Å². The highest BCUT2D eigenvalue weighted by molar-refractivity contribution is 5.77. The largest absolute Gasteiger partial charge is 0.497 e. The molecule has 5 nitrogen and oxygen atoms in total. The summed E-state index contributed by atoms with van der Waals surface area (Å²) in [5.41, 5.74) is 2.29. The topological polar surface area (TPSA) is 56.8 Å². The van der Waals surface area contributed by atoms with E-state index in [0.29, 0.717) is 30.4 Å². The summed E-state index contributed by atoms with van der Waals surface area (Å²) in [6.07, 6.45) is 3.64. The molecule has 0 heterocycles. The van der Waals surface area contributed by atoms with Crippen molar-refractivity contribution >= 4 is 5.91 Å². The molecule has 5 heteroatoms. The molecule has 1 fully saturated rings. The zero-order valence-corrected chi connectivity index (χ0v) is 16.9. The van der Waals surface area contributed by atoms with Gasteiger partial charge in [0.2, 0.25) is 5.91 Å². The van der Waals surface area contributed by atoms with E-state index >= 15 is 0 Å². The van der Waals surface area contributed by atoms with Crippen LogP contribution in [0, 0.1) is 5.92 Å². The number of hydrogen-bond donors (Lipinski definition) is 1. The number of amides is 1. The van der Waals surface area contributed by atoms with Crippen LogP contribution in [0.1, 0.15) is 36.3 Å². The van der Waals surface area contributed by atoms with Crippen molar-refractivity contribution in [2.45, 2.75) is 31.6 Å². The molecular weight excluding hydrogens is 354 g/mol. The van der Waals surface area contributed by atoms with Gasteiger partial charge in [-0.25, -0.2) is 0 Å². The zero-order valence-electron chi connectivity index (χ0n) is 16.9. The molecule has 1 aliphatic rings. The normalized spacial score (nSPS) is 14.2. The van der Waals surface area contributed by atoms with E-state index in [9.17, 15) is 4.79 Å². The van der Waals surface area contributed by atoms with Crippen LogP contribution in [-0.2, 0) is 11.2 Å². The molecule has 0 radical (unpaired) electrons. The minimum Gasteiger partial charge on any atom is -0.497 e. The van der Waals surface area contributed by atoms with E-state index in [2.05, 4.69) is 5.32 Å². The Hall–Kier alpha value is -2.69. The Morgan fingerprint density at radius 1 is 1.04 bits per heavy atom. The van der Waals surface area contributed by atoms with Crippen LogP contribution >= 0.6 is 0 Å². The number of ether oxygens (including phenoxy) is 3. The second-order valence-corrected chi connectivity index (χ2v) is 7.21. The standard InChI is InChI=1S/C23H29NO4/c1-26-19-6-4-5-16(13-19)11-12-24-23(25)15-20(17-7-8-17)18-9-10-21(27-2)22(14-18)28-3/h4-6,9-10,13-14,17,20H,7-8,11-12,15H2,1-3H3,(H,24,25). The van der Waals surface area contributed by atoms with Gasteiger partial charge in [-0.3, -0.25) is 4.79 Å². The molecule has 0 aliphatic heterocycles. The molecule has 1 aliphatic carbocycles. The van der Waals surface area contributed by atoms with Crippen LogP contribution in [0.5, 0.6) is 17.2 Å². The molecule has 2 aromatic rings. The van der Waals surface area contributed by atoms with Crippen molar-refractivity contribution in [1.29, 1.82) is 0 Å². The van der Waals surface area contributed by atoms with E-state index in [0.717, 1.165) is 23.3 Å². The Balaban J connectivity index is 1.57. The van der Waals surface area contributed by atoms with Crippen molar-refractivity contribution in [3.8, 4) is 17.2 Å². The first-order valence-electron chi connectivity index (χ1n) is 9.76. The Morgan fingerprint density at radius 2 is 1.82 bits per heavy atom. The van der Waals surface area contributed by atoms with Crippen molar-refractivity contribution in [2.75, 3.05) is 27.9 Å². The van der Waals surface area contributed by atoms with Gasteiger partial charge in [0, 0.05) is 13.0 Å². The molecule has 1 N–H and O–H groups in total. The van der Waals surface area contributed by atoms with Crippen LogP contribution in [0.2, 0.25) is 0 Å². The lowest BCUT2D eigenvalue weighted by Crippen LogP contribution is -2.27. The van der Waals surface area contributed by atoms with E-state index in [1.807, 2.05) is 42.5 Å². The Labute approximate surface area is 167 Å². The summed E-state index contributed by atoms with van der Waals surface area (Å²) in [4.78, 5) is 12.6. The minimum absolute atomic E-state index is 0.0922. The Morgan fingerprint density at radius 3 is 2.50 bits per heavy atom. The van der Waals surface area contributed by atoms with Gasteiger partial charge >= 0.3 is 0 Å². The Kier molecular flexibility index (Phi) is 6.80. The monoisotopic (exact) mass is 383 g/mol. The molecule has 0 saturated heterocycles. The number of nitrogens with one attached hydrogen (secondary N) is 1. The lowest BCUT2D eigenvalue weighted by molar-refractivity contribution is -0.121. The maximum atomic E-state index is 12.6. The lowest BCUT2D eigenvalue weighted by Gasteiger charge is -2.18. The molecule has 2 aromatic carbocycles. The first-order chi connectivity index (χ1) is 13.6. The van der Waals surface area contributed by atoms with Crippen molar-refractivity contribution in [3.05, 3.63) is 53.6 Å². The fraction of sp³-hybridized carbons (Fsp3) is 0.435. The summed E-state index contributed by atoms with van der Waals surface area (Å²) < 4.78 is 16.0. The second kappa shape index (κ2) is 9.49. The Bertz CT molecular complexity index is 801. The SMILES string of the molecule is COc1cccc(CCNC(=O)CC(c2ccc(OC)c(OC)c2)C2CC2)c1. The number of benzene rings is 2. The van der Waals surface area contributed by atoms with Crippen LogP contribution in [0.15, 0.2) is 42.5 Å². The molecule has 150 valence electrons. The highest BCUT2D eigenvalue weighted by Gasteiger charge is 2.34. The maximum absolute atomic E-state index is 12.6. The maximum Gasteiger partial charge on any atom is 0.220 e. The first-order valence-corrected chi connectivity index (χ1v) is 9.76. The van der Waals surface area contributed by atoms with Crippen molar-refractivity contribution < 1.29 is 19.0 Å². The summed E-state index contributed by atoms with van der Waals surface area (Å²) in [7, 11) is 4.93. The molecule has 0 aromatic heterocycles. The number of methoxy groups -OCH3 is 3. The van der Waals surface area contributed by atoms with Gasteiger partial charge < -0.3 is 19.5 Å². The highest BCUT2D eigenvalue weighted by Crippen LogP contribution is 2.46. The van der Waals surface area contributed by atoms with Crippen LogP contribution in [0.25, 0.3) is 0 Å². The van der Waals surface area contributed by atoms with Crippen LogP contribution in [0.4, 0.5) is 0 Å². The third kappa shape index (κ3) is 5.18. The number of hydrogen-bond acceptors (Lipinski definition) is 4. The lowest BCUT2D eigenvalue weighted by atomic mass is 9.90. The summed E-state index contributed by atoms with van der Waals surface area (Å²) in [5, 5.41) is 3.07. The molecule has 1 saturated carbocycles. The average molecular weight is 383 g/mol. The van der Waals surface area contributed by atoms with Gasteiger partial charge in [-0.05, 0) is 66.5 Å². The molecule has 0 bridgehead atoms. The van der Waals surface area contributed by atoms with Crippen molar-refractivity contribution in [2.24, 2.45) is 5.92 Å². The van der Waals surface area contributed by atoms with Crippen LogP contribution < -0.4 is 19.5 Å². The summed E-state index contributed by atoms with van der Waals surface area (Å²) >= 11 is 0. The first kappa shape index (κ1) is 20.1. The minimum atomic E-state index is 0.0922. The zero-order chi connectivity index (χ0) is 19.9. The third-order valence-corrected chi connectivity index (χ3v) is 5.30. The van der Waals surface area contributed by atoms with E-state index < -0.39 is 0 Å². The van der Waals surface area contributed by atoms with Gasteiger partial charge in [0.15, 0.2) is 11.5 Å². The van der Waals surface area contributed by atoms with Gasteiger partial charge in [0.25, 0.3) is 0 Å². The van der Waals surface area contributed by atoms with Crippen LogP contribution in [-0.4, -0.2) is 33.8 Å². The molecule has 3 rings (SSSR count). The van der Waals surface area contributed by atoms with Gasteiger partial charge in [0.05, 0.1) is 21.3 Å². The summed E-state index contributed by atoms with van der Waals surface area (Å²) in [6.45, 7) is 0.620. The number of carbonyl (C=O) groups excluding carboxylic acids is 1. The molecule has 1 atom stereocenters. The molecule has 1 amide bonds. The molecular formula is C23H29NO4. The smallest absolute Gasteiger partial charge is 0.220 e. The second-order valence-electron chi connectivity index (χ2n) is 7.21. The van der Waals surface area contributed by atoms with E-state index in [4.69, 9.17) is 14.2 Å². The highest BCUT2D eigenvalue weighted by atomic mass is 16.5. The third-order valence-electron chi connectivity index (χ3n) is 5.30. The van der Waals surface area contributed by atoms with Crippen molar-refractivity contribution in [3.63, 3.8) is 0 Å². The van der Waals surface area contributed by atoms with E-state index in [1.165, 1.54) is 12.8 Å². The molecule has 1 unspecified atom stereocenters. The summed E-state index contributed by atoms with van der Waals surface area (Å²) in [5.74, 6) is 3.15. The number of carbonyl (C=O) groups is 1. The fourth-order valence-electron chi connectivity index (χ4n) is 3.58. The quantitative estimate of drug-likeness (QED) is 0.675. The van der Waals surface area contributed by atoms with E-state index in [-0.39, 0.29) is 11.8 Å². The molecule has 0 spiro atoms. The molecule has 28 heavy (non-hydrogen) atoms. The summed E-state index contributed by atoms with van der Waals surface area (Å²) in [6, 6.07) is 13.9. The van der Waals surface area contributed by atoms with Gasteiger partial charge in [-0.1, -0.05) is 18.2 Å². The van der Waals surface area contributed by atoms with Gasteiger partial charge in [-0.15, -0.1) is 0 Å². The predicted octanol–water partition coefficient (Wildman–Crippen LogP) is 3.96. The predicted molar refractivity (Wildman–Crippen MR) is 109 cm³/mol. The fourth-order valence-corrected chi connectivity index (χ4v) is 3.58. The van der Waals surface area contributed by atoms with Gasteiger partial charge in [0.1, 0.15) is 5.75 Å². The van der Waals surface area contributed by atoms with Crippen molar-refractivity contribution in [1.82, 2.24) is 5.32 Å².